The first-order valence-corrected chi connectivity index (χ1v) is 10.0. The van der Waals surface area contributed by atoms with Gasteiger partial charge in [-0.15, -0.1) is 0 Å². The molecule has 0 saturated heterocycles. The van der Waals surface area contributed by atoms with Crippen molar-refractivity contribution in [3.8, 4) is 11.1 Å². The van der Waals surface area contributed by atoms with Gasteiger partial charge in [-0.3, -0.25) is 9.82 Å². The highest BCUT2D eigenvalue weighted by molar-refractivity contribution is 7.92. The minimum Gasteiger partial charge on any atom is -0.382 e. The normalized spacial score (nSPS) is 11.6. The summed E-state index contributed by atoms with van der Waals surface area (Å²) in [7, 11) is -3.84. The van der Waals surface area contributed by atoms with E-state index >= 15 is 0 Å². The van der Waals surface area contributed by atoms with Gasteiger partial charge in [0.2, 0.25) is 0 Å². The summed E-state index contributed by atoms with van der Waals surface area (Å²) < 4.78 is 42.2. The molecule has 3 aromatic carbocycles. The molecular weight excluding hydrogens is 403 g/mol. The van der Waals surface area contributed by atoms with E-state index in [-0.39, 0.29) is 21.3 Å². The van der Waals surface area contributed by atoms with Crippen LogP contribution in [0.25, 0.3) is 22.0 Å². The highest BCUT2D eigenvalue weighted by Crippen LogP contribution is 2.31. The predicted octanol–water partition coefficient (Wildman–Crippen LogP) is 4.41. The number of benzene rings is 3. The maximum absolute atomic E-state index is 14.8. The Bertz CT molecular complexity index is 1290. The average Bonchev–Trinajstić information content (AvgIpc) is 3.05. The zero-order chi connectivity index (χ0) is 19.9. The Balaban J connectivity index is 1.65. The van der Waals surface area contributed by atoms with E-state index in [0.29, 0.717) is 22.2 Å². The minimum atomic E-state index is -3.84. The smallest absolute Gasteiger partial charge is 0.263 e. The molecule has 28 heavy (non-hydrogen) atoms. The molecule has 0 spiro atoms. The Hall–Kier alpha value is -3.10. The van der Waals surface area contributed by atoms with Crippen molar-refractivity contribution >= 4 is 44.0 Å². The maximum atomic E-state index is 14.8. The monoisotopic (exact) mass is 416 g/mol. The van der Waals surface area contributed by atoms with Crippen molar-refractivity contribution in [1.82, 2.24) is 10.2 Å². The lowest BCUT2D eigenvalue weighted by Gasteiger charge is -2.10. The van der Waals surface area contributed by atoms with Crippen LogP contribution in [-0.2, 0) is 10.0 Å². The lowest BCUT2D eigenvalue weighted by atomic mass is 10.0. The van der Waals surface area contributed by atoms with Crippen LogP contribution in [0.2, 0.25) is 5.02 Å². The van der Waals surface area contributed by atoms with Gasteiger partial charge < -0.3 is 5.73 Å². The SMILES string of the molecule is Nc1n[nH]c2c(F)c(-c3ccc(NS(=O)(=O)c4ccccc4Cl)cc3)ccc12. The number of nitrogens with zero attached hydrogens (tertiary/aromatic N) is 1. The van der Waals surface area contributed by atoms with Crippen LogP contribution in [0.3, 0.4) is 0 Å². The topological polar surface area (TPSA) is 101 Å². The number of rotatable bonds is 4. The molecule has 4 rings (SSSR count). The number of hydrogen-bond donors (Lipinski definition) is 3. The maximum Gasteiger partial charge on any atom is 0.263 e. The molecule has 9 heteroatoms. The van der Waals surface area contributed by atoms with Crippen LogP contribution in [0.4, 0.5) is 15.9 Å². The average molecular weight is 417 g/mol. The molecule has 0 atom stereocenters. The highest BCUT2D eigenvalue weighted by atomic mass is 35.5. The number of aromatic nitrogens is 2. The first kappa shape index (κ1) is 18.3. The van der Waals surface area contributed by atoms with E-state index in [1.807, 2.05) is 0 Å². The number of aromatic amines is 1. The van der Waals surface area contributed by atoms with Gasteiger partial charge in [-0.1, -0.05) is 41.9 Å². The molecule has 0 bridgehead atoms. The lowest BCUT2D eigenvalue weighted by molar-refractivity contribution is 0.601. The molecule has 1 aromatic heterocycles. The van der Waals surface area contributed by atoms with Gasteiger partial charge in [0.25, 0.3) is 10.0 Å². The molecule has 142 valence electrons. The van der Waals surface area contributed by atoms with Gasteiger partial charge in [-0.2, -0.15) is 5.10 Å². The van der Waals surface area contributed by atoms with Gasteiger partial charge in [0.05, 0.1) is 5.02 Å². The van der Waals surface area contributed by atoms with E-state index in [4.69, 9.17) is 17.3 Å². The quantitative estimate of drug-likeness (QED) is 0.458. The fourth-order valence-electron chi connectivity index (χ4n) is 2.89. The third kappa shape index (κ3) is 3.17. The van der Waals surface area contributed by atoms with E-state index in [1.54, 1.807) is 48.5 Å². The van der Waals surface area contributed by atoms with Crippen LogP contribution in [0, 0.1) is 5.82 Å². The molecule has 1 heterocycles. The first-order chi connectivity index (χ1) is 13.4. The number of H-pyrrole nitrogens is 1. The third-order valence-electron chi connectivity index (χ3n) is 4.28. The van der Waals surface area contributed by atoms with Gasteiger partial charge in [0, 0.05) is 16.6 Å². The fourth-order valence-corrected chi connectivity index (χ4v) is 4.47. The summed E-state index contributed by atoms with van der Waals surface area (Å²) in [4.78, 5) is -0.0194. The zero-order valence-electron chi connectivity index (χ0n) is 14.3. The number of sulfonamides is 1. The first-order valence-electron chi connectivity index (χ1n) is 8.16. The Morgan fingerprint density at radius 2 is 1.75 bits per heavy atom. The Morgan fingerprint density at radius 3 is 2.46 bits per heavy atom. The highest BCUT2D eigenvalue weighted by Gasteiger charge is 2.18. The summed E-state index contributed by atoms with van der Waals surface area (Å²) in [5, 5.41) is 7.02. The summed E-state index contributed by atoms with van der Waals surface area (Å²) in [5.41, 5.74) is 7.16. The van der Waals surface area contributed by atoms with Crippen LogP contribution < -0.4 is 10.5 Å². The van der Waals surface area contributed by atoms with Crippen LogP contribution in [-0.4, -0.2) is 18.6 Å². The van der Waals surface area contributed by atoms with Gasteiger partial charge in [0.15, 0.2) is 11.6 Å². The second kappa shape index (κ2) is 6.81. The molecule has 0 amide bonds. The lowest BCUT2D eigenvalue weighted by Crippen LogP contribution is -2.13. The van der Waals surface area contributed by atoms with E-state index in [2.05, 4.69) is 14.9 Å². The summed E-state index contributed by atoms with van der Waals surface area (Å²) in [6, 6.07) is 15.8. The molecule has 0 radical (unpaired) electrons. The number of nitrogens with two attached hydrogens (primary N) is 1. The molecule has 0 aliphatic carbocycles. The number of hydrogen-bond acceptors (Lipinski definition) is 4. The van der Waals surface area contributed by atoms with Crippen molar-refractivity contribution < 1.29 is 12.8 Å². The van der Waals surface area contributed by atoms with Crippen LogP contribution >= 0.6 is 11.6 Å². The fraction of sp³-hybridized carbons (Fsp3) is 0. The van der Waals surface area contributed by atoms with Crippen molar-refractivity contribution in [2.24, 2.45) is 0 Å². The van der Waals surface area contributed by atoms with Gasteiger partial charge in [-0.05, 0) is 35.9 Å². The van der Waals surface area contributed by atoms with Crippen molar-refractivity contribution in [3.05, 3.63) is 71.5 Å². The van der Waals surface area contributed by atoms with E-state index in [9.17, 15) is 12.8 Å². The zero-order valence-corrected chi connectivity index (χ0v) is 15.9. The number of fused-ring (bicyclic) bond motifs is 1. The molecule has 0 aliphatic rings. The summed E-state index contributed by atoms with van der Waals surface area (Å²) in [5.74, 6) is -0.254. The predicted molar refractivity (Wildman–Crippen MR) is 108 cm³/mol. The molecule has 0 unspecified atom stereocenters. The van der Waals surface area contributed by atoms with E-state index in [1.165, 1.54) is 12.1 Å². The Labute approximate surface area is 165 Å². The Kier molecular flexibility index (Phi) is 4.44. The molecular formula is C19H14ClFN4O2S. The minimum absolute atomic E-state index is 0.0194. The second-order valence-electron chi connectivity index (χ2n) is 6.07. The van der Waals surface area contributed by atoms with Gasteiger partial charge in [-0.25, -0.2) is 12.8 Å². The van der Waals surface area contributed by atoms with Crippen molar-refractivity contribution in [1.29, 1.82) is 0 Å². The third-order valence-corrected chi connectivity index (χ3v) is 6.16. The molecule has 4 N–H and O–H groups in total. The summed E-state index contributed by atoms with van der Waals surface area (Å²) >= 11 is 5.97. The molecule has 0 aliphatic heterocycles. The van der Waals surface area contributed by atoms with Crippen molar-refractivity contribution in [2.45, 2.75) is 4.90 Å². The molecule has 0 saturated carbocycles. The summed E-state index contributed by atoms with van der Waals surface area (Å²) in [6.07, 6.45) is 0. The van der Waals surface area contributed by atoms with Gasteiger partial charge >= 0.3 is 0 Å². The number of halogens is 2. The van der Waals surface area contributed by atoms with Crippen LogP contribution in [0.15, 0.2) is 65.6 Å². The Morgan fingerprint density at radius 1 is 1.04 bits per heavy atom. The summed E-state index contributed by atoms with van der Waals surface area (Å²) in [6.45, 7) is 0. The van der Waals surface area contributed by atoms with Crippen LogP contribution in [0.1, 0.15) is 0 Å². The number of anilines is 2. The van der Waals surface area contributed by atoms with Crippen molar-refractivity contribution in [2.75, 3.05) is 10.5 Å². The largest absolute Gasteiger partial charge is 0.382 e. The molecule has 0 fully saturated rings. The van der Waals surface area contributed by atoms with Crippen LogP contribution in [0.5, 0.6) is 0 Å². The number of nitrogen functional groups attached to an aromatic ring is 1. The van der Waals surface area contributed by atoms with E-state index in [0.717, 1.165) is 0 Å². The van der Waals surface area contributed by atoms with Gasteiger partial charge in [0.1, 0.15) is 10.4 Å². The standard InChI is InChI=1S/C19H14ClFN4O2S/c20-15-3-1-2-4-16(15)28(26,27)25-12-7-5-11(6-8-12)13-9-10-14-18(17(13)21)23-24-19(14)22/h1-10,25H,(H3,22,23,24). The van der Waals surface area contributed by atoms with E-state index < -0.39 is 15.8 Å². The van der Waals surface area contributed by atoms with Crippen molar-refractivity contribution in [3.63, 3.8) is 0 Å². The molecule has 6 nitrogen and oxygen atoms in total. The molecule has 4 aromatic rings. The number of nitrogens with one attached hydrogen (secondary N) is 2. The second-order valence-corrected chi connectivity index (χ2v) is 8.13.